The highest BCUT2D eigenvalue weighted by atomic mass is 16.5. The minimum atomic E-state index is -0.415. The van der Waals surface area contributed by atoms with Crippen molar-refractivity contribution in [2.75, 3.05) is 33.8 Å². The summed E-state index contributed by atoms with van der Waals surface area (Å²) >= 11 is 0. The lowest BCUT2D eigenvalue weighted by Gasteiger charge is -2.33. The second-order valence-corrected chi connectivity index (χ2v) is 5.64. The lowest BCUT2D eigenvalue weighted by atomic mass is 9.95. The molecule has 6 heteroatoms. The molecule has 1 aliphatic carbocycles. The number of carbonyl (C=O) groups excluding carboxylic acids is 3. The van der Waals surface area contributed by atoms with Crippen molar-refractivity contribution in [1.82, 2.24) is 9.80 Å². The number of likely N-dealkylation sites (N-methyl/N-ethyl adjacent to an activating group) is 1. The first-order chi connectivity index (χ1) is 9.52. The summed E-state index contributed by atoms with van der Waals surface area (Å²) in [5.74, 6) is -0.0490. The molecular weight excluding hydrogens is 260 g/mol. The van der Waals surface area contributed by atoms with E-state index < -0.39 is 5.97 Å². The van der Waals surface area contributed by atoms with Crippen LogP contribution in [0.5, 0.6) is 0 Å². The molecule has 1 saturated heterocycles. The van der Waals surface area contributed by atoms with Crippen LogP contribution in [0.2, 0.25) is 0 Å². The van der Waals surface area contributed by atoms with Gasteiger partial charge in [-0.2, -0.15) is 0 Å². The zero-order valence-electron chi connectivity index (χ0n) is 12.1. The predicted octanol–water partition coefficient (Wildman–Crippen LogP) is 0.266. The molecule has 0 spiro atoms. The maximum absolute atomic E-state index is 12.2. The third kappa shape index (κ3) is 3.49. The largest absolute Gasteiger partial charge is 0.468 e. The monoisotopic (exact) mass is 282 g/mol. The standard InChI is InChI=1S/C14H22N2O4/c1-15(9-12(17)20-2)13(18)11-5-7-16(8-6-11)14(19)10-3-4-10/h10-11H,3-9H2,1-2H3. The summed E-state index contributed by atoms with van der Waals surface area (Å²) in [6.45, 7) is 1.28. The quantitative estimate of drug-likeness (QED) is 0.694. The number of rotatable bonds is 4. The first kappa shape index (κ1) is 14.8. The van der Waals surface area contributed by atoms with E-state index in [1.807, 2.05) is 4.90 Å². The molecule has 0 radical (unpaired) electrons. The van der Waals surface area contributed by atoms with Gasteiger partial charge in [-0.25, -0.2) is 0 Å². The third-order valence-electron chi connectivity index (χ3n) is 4.05. The lowest BCUT2D eigenvalue weighted by molar-refractivity contribution is -0.148. The Morgan fingerprint density at radius 2 is 1.70 bits per heavy atom. The Hall–Kier alpha value is -1.59. The number of likely N-dealkylation sites (tertiary alicyclic amines) is 1. The molecule has 0 atom stereocenters. The summed E-state index contributed by atoms with van der Waals surface area (Å²) in [7, 11) is 2.92. The van der Waals surface area contributed by atoms with Crippen molar-refractivity contribution in [3.05, 3.63) is 0 Å². The van der Waals surface area contributed by atoms with Gasteiger partial charge in [-0.1, -0.05) is 0 Å². The number of hydrogen-bond donors (Lipinski definition) is 0. The van der Waals surface area contributed by atoms with Crippen molar-refractivity contribution in [3.63, 3.8) is 0 Å². The predicted molar refractivity (Wildman–Crippen MR) is 71.7 cm³/mol. The van der Waals surface area contributed by atoms with Crippen LogP contribution in [-0.2, 0) is 19.1 Å². The van der Waals surface area contributed by atoms with Crippen molar-refractivity contribution in [2.45, 2.75) is 25.7 Å². The molecule has 0 unspecified atom stereocenters. The lowest BCUT2D eigenvalue weighted by Crippen LogP contribution is -2.45. The summed E-state index contributed by atoms with van der Waals surface area (Å²) in [5, 5.41) is 0. The first-order valence-electron chi connectivity index (χ1n) is 7.13. The van der Waals surface area contributed by atoms with Gasteiger partial charge in [0.1, 0.15) is 6.54 Å². The molecule has 0 aromatic heterocycles. The number of nitrogens with zero attached hydrogens (tertiary/aromatic N) is 2. The Morgan fingerprint density at radius 1 is 1.10 bits per heavy atom. The van der Waals surface area contributed by atoms with Crippen molar-refractivity contribution in [3.8, 4) is 0 Å². The molecule has 1 heterocycles. The number of piperidine rings is 1. The molecule has 2 aliphatic rings. The van der Waals surface area contributed by atoms with Crippen LogP contribution >= 0.6 is 0 Å². The second kappa shape index (κ2) is 6.24. The highest BCUT2D eigenvalue weighted by molar-refractivity contribution is 5.84. The van der Waals surface area contributed by atoms with Gasteiger partial charge in [-0.05, 0) is 25.7 Å². The highest BCUT2D eigenvalue weighted by Crippen LogP contribution is 2.32. The van der Waals surface area contributed by atoms with E-state index in [-0.39, 0.29) is 30.2 Å². The fourth-order valence-electron chi connectivity index (χ4n) is 2.58. The summed E-state index contributed by atoms with van der Waals surface area (Å²) < 4.78 is 4.55. The molecule has 0 N–H and O–H groups in total. The molecule has 2 rings (SSSR count). The number of ether oxygens (including phenoxy) is 1. The van der Waals surface area contributed by atoms with Crippen molar-refractivity contribution >= 4 is 17.8 Å². The number of esters is 1. The molecule has 112 valence electrons. The van der Waals surface area contributed by atoms with E-state index >= 15 is 0 Å². The Balaban J connectivity index is 1.78. The van der Waals surface area contributed by atoms with Crippen molar-refractivity contribution in [1.29, 1.82) is 0 Å². The van der Waals surface area contributed by atoms with Crippen LogP contribution in [0.4, 0.5) is 0 Å². The molecule has 2 fully saturated rings. The van der Waals surface area contributed by atoms with Gasteiger partial charge in [0.05, 0.1) is 7.11 Å². The number of carbonyl (C=O) groups is 3. The van der Waals surface area contributed by atoms with E-state index in [9.17, 15) is 14.4 Å². The van der Waals surface area contributed by atoms with Crippen LogP contribution in [0, 0.1) is 11.8 Å². The van der Waals surface area contributed by atoms with Crippen molar-refractivity contribution in [2.24, 2.45) is 11.8 Å². The van der Waals surface area contributed by atoms with Gasteiger partial charge in [-0.3, -0.25) is 14.4 Å². The molecular formula is C14H22N2O4. The minimum absolute atomic E-state index is 0.0173. The van der Waals surface area contributed by atoms with Gasteiger partial charge in [0.2, 0.25) is 11.8 Å². The van der Waals surface area contributed by atoms with Gasteiger partial charge >= 0.3 is 5.97 Å². The Morgan fingerprint density at radius 3 is 2.20 bits per heavy atom. The van der Waals surface area contributed by atoms with E-state index in [2.05, 4.69) is 4.74 Å². The zero-order chi connectivity index (χ0) is 14.7. The van der Waals surface area contributed by atoms with E-state index in [1.54, 1.807) is 7.05 Å². The maximum Gasteiger partial charge on any atom is 0.325 e. The highest BCUT2D eigenvalue weighted by Gasteiger charge is 2.36. The maximum atomic E-state index is 12.2. The molecule has 20 heavy (non-hydrogen) atoms. The topological polar surface area (TPSA) is 66.9 Å². The fourth-order valence-corrected chi connectivity index (χ4v) is 2.58. The van der Waals surface area contributed by atoms with Gasteiger partial charge < -0.3 is 14.5 Å². The SMILES string of the molecule is COC(=O)CN(C)C(=O)C1CCN(C(=O)C2CC2)CC1. The van der Waals surface area contributed by atoms with Crippen LogP contribution in [-0.4, -0.2) is 61.4 Å². The smallest absolute Gasteiger partial charge is 0.325 e. The van der Waals surface area contributed by atoms with Crippen LogP contribution in [0.1, 0.15) is 25.7 Å². The van der Waals surface area contributed by atoms with Crippen LogP contribution in [0.3, 0.4) is 0 Å². The second-order valence-electron chi connectivity index (χ2n) is 5.64. The summed E-state index contributed by atoms with van der Waals surface area (Å²) in [5.41, 5.74) is 0. The molecule has 1 saturated carbocycles. The van der Waals surface area contributed by atoms with Gasteiger partial charge in [0, 0.05) is 32.0 Å². The van der Waals surface area contributed by atoms with Crippen LogP contribution in [0.15, 0.2) is 0 Å². The molecule has 0 aromatic rings. The normalized spacial score (nSPS) is 19.6. The van der Waals surface area contributed by atoms with E-state index in [0.717, 1.165) is 12.8 Å². The summed E-state index contributed by atoms with van der Waals surface area (Å²) in [6.07, 6.45) is 3.39. The van der Waals surface area contributed by atoms with Gasteiger partial charge in [0.15, 0.2) is 0 Å². The van der Waals surface area contributed by atoms with E-state index in [4.69, 9.17) is 0 Å². The molecule has 0 aromatic carbocycles. The average Bonchev–Trinajstić information content (AvgIpc) is 3.30. The van der Waals surface area contributed by atoms with Crippen molar-refractivity contribution < 1.29 is 19.1 Å². The number of hydrogen-bond acceptors (Lipinski definition) is 4. The average molecular weight is 282 g/mol. The van der Waals surface area contributed by atoms with Crippen LogP contribution in [0.25, 0.3) is 0 Å². The van der Waals surface area contributed by atoms with Crippen LogP contribution < -0.4 is 0 Å². The zero-order valence-corrected chi connectivity index (χ0v) is 12.1. The molecule has 0 bridgehead atoms. The fraction of sp³-hybridized carbons (Fsp3) is 0.786. The Bertz CT molecular complexity index is 398. The Labute approximate surface area is 119 Å². The van der Waals surface area contributed by atoms with E-state index in [1.165, 1.54) is 12.0 Å². The summed E-state index contributed by atoms with van der Waals surface area (Å²) in [6, 6.07) is 0. The van der Waals surface area contributed by atoms with Gasteiger partial charge in [0.25, 0.3) is 0 Å². The Kier molecular flexibility index (Phi) is 4.62. The molecule has 1 aliphatic heterocycles. The van der Waals surface area contributed by atoms with Gasteiger partial charge in [-0.15, -0.1) is 0 Å². The van der Waals surface area contributed by atoms with E-state index in [0.29, 0.717) is 25.9 Å². The minimum Gasteiger partial charge on any atom is -0.468 e. The molecule has 6 nitrogen and oxygen atoms in total. The number of amides is 2. The summed E-state index contributed by atoms with van der Waals surface area (Å²) in [4.78, 5) is 38.6. The first-order valence-corrected chi connectivity index (χ1v) is 7.13. The molecule has 2 amide bonds. The number of methoxy groups -OCH3 is 1. The third-order valence-corrected chi connectivity index (χ3v) is 4.05.